The molecule has 5 heteroatoms. The van der Waals surface area contributed by atoms with Crippen molar-refractivity contribution in [3.05, 3.63) is 53.7 Å². The van der Waals surface area contributed by atoms with Crippen LogP contribution in [0.25, 0.3) is 11.3 Å². The fourth-order valence-corrected chi connectivity index (χ4v) is 1.92. The van der Waals surface area contributed by atoms with E-state index in [0.717, 1.165) is 16.8 Å². The SMILES string of the molecule is Cc1cccc(-c2ccc(C(=O)NCC(=O)N(C)C)cn2)c1. The summed E-state index contributed by atoms with van der Waals surface area (Å²) in [5, 5.41) is 2.58. The van der Waals surface area contributed by atoms with Crippen molar-refractivity contribution < 1.29 is 9.59 Å². The van der Waals surface area contributed by atoms with Crippen molar-refractivity contribution in [3.63, 3.8) is 0 Å². The van der Waals surface area contributed by atoms with Crippen LogP contribution in [-0.4, -0.2) is 42.3 Å². The summed E-state index contributed by atoms with van der Waals surface area (Å²) < 4.78 is 0. The number of amides is 2. The molecule has 1 heterocycles. The summed E-state index contributed by atoms with van der Waals surface area (Å²) in [6, 6.07) is 11.5. The minimum Gasteiger partial charge on any atom is -0.347 e. The second-order valence-corrected chi connectivity index (χ2v) is 5.27. The molecule has 0 spiro atoms. The first-order valence-electron chi connectivity index (χ1n) is 6.99. The maximum Gasteiger partial charge on any atom is 0.253 e. The first kappa shape index (κ1) is 15.7. The number of nitrogens with zero attached hydrogens (tertiary/aromatic N) is 2. The van der Waals surface area contributed by atoms with Crippen molar-refractivity contribution >= 4 is 11.8 Å². The molecule has 0 unspecified atom stereocenters. The van der Waals surface area contributed by atoms with Crippen molar-refractivity contribution in [2.45, 2.75) is 6.92 Å². The molecule has 0 aliphatic heterocycles. The van der Waals surface area contributed by atoms with Crippen molar-refractivity contribution in [2.75, 3.05) is 20.6 Å². The molecule has 22 heavy (non-hydrogen) atoms. The first-order valence-corrected chi connectivity index (χ1v) is 6.99. The number of hydrogen-bond donors (Lipinski definition) is 1. The average Bonchev–Trinajstić information content (AvgIpc) is 2.52. The van der Waals surface area contributed by atoms with Crippen LogP contribution in [0.4, 0.5) is 0 Å². The van der Waals surface area contributed by atoms with Crippen LogP contribution in [-0.2, 0) is 4.79 Å². The van der Waals surface area contributed by atoms with Gasteiger partial charge in [0, 0.05) is 25.9 Å². The Hall–Kier alpha value is -2.69. The molecule has 0 aliphatic rings. The fourth-order valence-electron chi connectivity index (χ4n) is 1.92. The van der Waals surface area contributed by atoms with E-state index in [1.54, 1.807) is 26.2 Å². The molecule has 0 fully saturated rings. The third-order valence-corrected chi connectivity index (χ3v) is 3.24. The summed E-state index contributed by atoms with van der Waals surface area (Å²) in [7, 11) is 3.29. The zero-order valence-electron chi connectivity index (χ0n) is 13.0. The van der Waals surface area contributed by atoms with E-state index < -0.39 is 0 Å². The minimum absolute atomic E-state index is 0.0224. The molecule has 0 atom stereocenters. The lowest BCUT2D eigenvalue weighted by Gasteiger charge is -2.11. The number of rotatable bonds is 4. The summed E-state index contributed by atoms with van der Waals surface area (Å²) in [6.45, 7) is 2.00. The van der Waals surface area contributed by atoms with Crippen molar-refractivity contribution in [1.29, 1.82) is 0 Å². The normalized spacial score (nSPS) is 10.1. The van der Waals surface area contributed by atoms with Crippen molar-refractivity contribution in [1.82, 2.24) is 15.2 Å². The van der Waals surface area contributed by atoms with E-state index in [0.29, 0.717) is 5.56 Å². The topological polar surface area (TPSA) is 62.3 Å². The molecule has 5 nitrogen and oxygen atoms in total. The van der Waals surface area contributed by atoms with Crippen LogP contribution in [0.2, 0.25) is 0 Å². The Kier molecular flexibility index (Phi) is 4.88. The molecule has 114 valence electrons. The Morgan fingerprint density at radius 3 is 2.55 bits per heavy atom. The highest BCUT2D eigenvalue weighted by molar-refractivity contribution is 5.96. The van der Waals surface area contributed by atoms with Crippen LogP contribution in [0, 0.1) is 6.92 Å². The highest BCUT2D eigenvalue weighted by atomic mass is 16.2. The summed E-state index contributed by atoms with van der Waals surface area (Å²) in [4.78, 5) is 29.1. The second-order valence-electron chi connectivity index (χ2n) is 5.27. The maximum absolute atomic E-state index is 12.0. The standard InChI is InChI=1S/C17H19N3O2/c1-12-5-4-6-13(9-12)15-8-7-14(10-18-15)17(22)19-11-16(21)20(2)3/h4-10H,11H2,1-3H3,(H,19,22). The van der Waals surface area contributed by atoms with Crippen LogP contribution < -0.4 is 5.32 Å². The third-order valence-electron chi connectivity index (χ3n) is 3.24. The fraction of sp³-hybridized carbons (Fsp3) is 0.235. The summed E-state index contributed by atoms with van der Waals surface area (Å²) in [5.41, 5.74) is 3.41. The lowest BCUT2D eigenvalue weighted by Crippen LogP contribution is -2.36. The predicted molar refractivity (Wildman–Crippen MR) is 85.4 cm³/mol. The molecule has 1 aromatic carbocycles. The van der Waals surface area contributed by atoms with Gasteiger partial charge in [-0.15, -0.1) is 0 Å². The molecule has 2 amide bonds. The number of carbonyl (C=O) groups excluding carboxylic acids is 2. The van der Waals surface area contributed by atoms with E-state index in [2.05, 4.69) is 10.3 Å². The minimum atomic E-state index is -0.307. The van der Waals surface area contributed by atoms with Gasteiger partial charge in [-0.25, -0.2) is 0 Å². The molecule has 0 aliphatic carbocycles. The molecule has 0 saturated carbocycles. The molecule has 0 saturated heterocycles. The Morgan fingerprint density at radius 1 is 1.18 bits per heavy atom. The third kappa shape index (κ3) is 3.91. The van der Waals surface area contributed by atoms with Gasteiger partial charge in [0.25, 0.3) is 5.91 Å². The molecular formula is C17H19N3O2. The quantitative estimate of drug-likeness (QED) is 0.937. The zero-order chi connectivity index (χ0) is 16.1. The van der Waals surface area contributed by atoms with Gasteiger partial charge in [-0.2, -0.15) is 0 Å². The Morgan fingerprint density at radius 2 is 1.95 bits per heavy atom. The maximum atomic E-state index is 12.0. The van der Waals surface area contributed by atoms with Gasteiger partial charge in [-0.3, -0.25) is 14.6 Å². The summed E-state index contributed by atoms with van der Waals surface area (Å²) >= 11 is 0. The summed E-state index contributed by atoms with van der Waals surface area (Å²) in [5.74, 6) is -0.462. The van der Waals surface area contributed by atoms with Crippen LogP contribution >= 0.6 is 0 Å². The van der Waals surface area contributed by atoms with Crippen molar-refractivity contribution in [2.24, 2.45) is 0 Å². The van der Waals surface area contributed by atoms with Gasteiger partial charge in [0.15, 0.2) is 0 Å². The van der Waals surface area contributed by atoms with E-state index in [9.17, 15) is 9.59 Å². The molecule has 1 aromatic heterocycles. The van der Waals surface area contributed by atoms with Crippen molar-refractivity contribution in [3.8, 4) is 11.3 Å². The monoisotopic (exact) mass is 297 g/mol. The van der Waals surface area contributed by atoms with E-state index >= 15 is 0 Å². The first-order chi connectivity index (χ1) is 10.5. The molecular weight excluding hydrogens is 278 g/mol. The van der Waals surface area contributed by atoms with Gasteiger partial charge in [0.1, 0.15) is 0 Å². The summed E-state index contributed by atoms with van der Waals surface area (Å²) in [6.07, 6.45) is 1.52. The molecule has 1 N–H and O–H groups in total. The number of aryl methyl sites for hydroxylation is 1. The average molecular weight is 297 g/mol. The van der Waals surface area contributed by atoms with Crippen LogP contribution in [0.15, 0.2) is 42.6 Å². The highest BCUT2D eigenvalue weighted by Gasteiger charge is 2.10. The molecule has 2 rings (SSSR count). The van der Waals surface area contributed by atoms with Gasteiger partial charge < -0.3 is 10.2 Å². The van der Waals surface area contributed by atoms with Gasteiger partial charge in [-0.05, 0) is 25.1 Å². The number of hydrogen-bond acceptors (Lipinski definition) is 3. The highest BCUT2D eigenvalue weighted by Crippen LogP contribution is 2.18. The van der Waals surface area contributed by atoms with Gasteiger partial charge in [0.05, 0.1) is 17.8 Å². The Labute approximate surface area is 130 Å². The lowest BCUT2D eigenvalue weighted by atomic mass is 10.1. The molecule has 0 bridgehead atoms. The number of aromatic nitrogens is 1. The smallest absolute Gasteiger partial charge is 0.253 e. The van der Waals surface area contributed by atoms with Crippen LogP contribution in [0.3, 0.4) is 0 Å². The van der Waals surface area contributed by atoms with E-state index in [4.69, 9.17) is 0 Å². The van der Waals surface area contributed by atoms with Gasteiger partial charge in [0.2, 0.25) is 5.91 Å². The van der Waals surface area contributed by atoms with E-state index in [1.807, 2.05) is 31.2 Å². The van der Waals surface area contributed by atoms with Crippen LogP contribution in [0.5, 0.6) is 0 Å². The van der Waals surface area contributed by atoms with Gasteiger partial charge >= 0.3 is 0 Å². The number of nitrogens with one attached hydrogen (secondary N) is 1. The Balaban J connectivity index is 2.05. The predicted octanol–water partition coefficient (Wildman–Crippen LogP) is 1.88. The number of pyridine rings is 1. The Bertz CT molecular complexity index is 679. The largest absolute Gasteiger partial charge is 0.347 e. The van der Waals surface area contributed by atoms with E-state index in [1.165, 1.54) is 11.1 Å². The molecule has 2 aromatic rings. The number of carbonyl (C=O) groups is 2. The lowest BCUT2D eigenvalue weighted by molar-refractivity contribution is -0.127. The number of benzene rings is 1. The second kappa shape index (κ2) is 6.85. The van der Waals surface area contributed by atoms with Crippen LogP contribution in [0.1, 0.15) is 15.9 Å². The number of likely N-dealkylation sites (N-methyl/N-ethyl adjacent to an activating group) is 1. The van der Waals surface area contributed by atoms with Gasteiger partial charge in [-0.1, -0.05) is 23.8 Å². The van der Waals surface area contributed by atoms with E-state index in [-0.39, 0.29) is 18.4 Å². The zero-order valence-corrected chi connectivity index (χ0v) is 13.0. The molecule has 0 radical (unpaired) electrons.